The van der Waals surface area contributed by atoms with E-state index in [2.05, 4.69) is 91.8 Å². The molecule has 0 saturated carbocycles. The Morgan fingerprint density at radius 1 is 0.929 bits per heavy atom. The van der Waals surface area contributed by atoms with E-state index in [1.165, 1.54) is 16.7 Å². The molecule has 0 atom stereocenters. The summed E-state index contributed by atoms with van der Waals surface area (Å²) >= 11 is 0. The summed E-state index contributed by atoms with van der Waals surface area (Å²) in [7, 11) is 0. The number of hydrogen-bond acceptors (Lipinski definition) is 6. The Labute approximate surface area is 166 Å². The first kappa shape index (κ1) is 18.4. The van der Waals surface area contributed by atoms with Crippen LogP contribution in [-0.2, 0) is 13.1 Å². The molecule has 1 aromatic heterocycles. The number of anilines is 2. The summed E-state index contributed by atoms with van der Waals surface area (Å²) in [5, 5.41) is 11.6. The topological polar surface area (TPSA) is 57.2 Å². The minimum absolute atomic E-state index is 0.575. The van der Waals surface area contributed by atoms with E-state index in [0.717, 1.165) is 38.5 Å². The second-order valence-electron chi connectivity index (χ2n) is 7.23. The van der Waals surface area contributed by atoms with Crippen LogP contribution in [0.5, 0.6) is 0 Å². The van der Waals surface area contributed by atoms with Gasteiger partial charge in [-0.2, -0.15) is 10.1 Å². The van der Waals surface area contributed by atoms with Crippen molar-refractivity contribution >= 4 is 11.8 Å². The molecular weight excluding hydrogens is 348 g/mol. The standard InChI is InChI=1S/C22H26N6/c1-18-6-5-9-20(14-18)15-23-22-25-21(16-24-26-22)28-12-10-27(11-13-28)17-19-7-3-2-4-8-19/h2-9,14,16H,10-13,15,17H2,1H3,(H,23,25,26). The maximum Gasteiger partial charge on any atom is 0.244 e. The van der Waals surface area contributed by atoms with Gasteiger partial charge in [0.25, 0.3) is 0 Å². The second kappa shape index (κ2) is 8.80. The third-order valence-corrected chi connectivity index (χ3v) is 5.02. The third-order valence-electron chi connectivity index (χ3n) is 5.02. The lowest BCUT2D eigenvalue weighted by molar-refractivity contribution is 0.249. The first-order chi connectivity index (χ1) is 13.8. The molecule has 1 N–H and O–H groups in total. The monoisotopic (exact) mass is 374 g/mol. The Balaban J connectivity index is 1.32. The Morgan fingerprint density at radius 2 is 1.71 bits per heavy atom. The lowest BCUT2D eigenvalue weighted by Gasteiger charge is -2.35. The summed E-state index contributed by atoms with van der Waals surface area (Å²) < 4.78 is 0. The van der Waals surface area contributed by atoms with Crippen molar-refractivity contribution < 1.29 is 0 Å². The summed E-state index contributed by atoms with van der Waals surface area (Å²) in [5.74, 6) is 1.46. The minimum Gasteiger partial charge on any atom is -0.353 e. The Bertz CT molecular complexity index is 890. The molecule has 1 fully saturated rings. The number of aryl methyl sites for hydroxylation is 1. The summed E-state index contributed by atoms with van der Waals surface area (Å²) in [4.78, 5) is 9.43. The molecule has 6 nitrogen and oxygen atoms in total. The molecule has 0 radical (unpaired) electrons. The van der Waals surface area contributed by atoms with Crippen LogP contribution in [0.3, 0.4) is 0 Å². The molecule has 0 unspecified atom stereocenters. The molecule has 0 bridgehead atoms. The Hall–Kier alpha value is -2.99. The molecule has 1 aliphatic rings. The van der Waals surface area contributed by atoms with Crippen LogP contribution in [0, 0.1) is 6.92 Å². The van der Waals surface area contributed by atoms with Crippen molar-refractivity contribution in [3.05, 3.63) is 77.5 Å². The van der Waals surface area contributed by atoms with E-state index in [9.17, 15) is 0 Å². The van der Waals surface area contributed by atoms with Gasteiger partial charge in [0.15, 0.2) is 5.82 Å². The lowest BCUT2D eigenvalue weighted by Crippen LogP contribution is -2.46. The fourth-order valence-electron chi connectivity index (χ4n) is 3.50. The highest BCUT2D eigenvalue weighted by Gasteiger charge is 2.19. The van der Waals surface area contributed by atoms with Crippen LogP contribution in [-0.4, -0.2) is 46.3 Å². The highest BCUT2D eigenvalue weighted by molar-refractivity contribution is 5.41. The van der Waals surface area contributed by atoms with Crippen molar-refractivity contribution in [1.82, 2.24) is 20.1 Å². The lowest BCUT2D eigenvalue weighted by atomic mass is 10.1. The Morgan fingerprint density at radius 3 is 2.50 bits per heavy atom. The number of aromatic nitrogens is 3. The van der Waals surface area contributed by atoms with E-state index >= 15 is 0 Å². The number of nitrogens with one attached hydrogen (secondary N) is 1. The van der Waals surface area contributed by atoms with Crippen LogP contribution < -0.4 is 10.2 Å². The molecule has 6 heteroatoms. The molecule has 0 amide bonds. The van der Waals surface area contributed by atoms with Crippen LogP contribution in [0.1, 0.15) is 16.7 Å². The fraction of sp³-hybridized carbons (Fsp3) is 0.318. The van der Waals surface area contributed by atoms with E-state index in [-0.39, 0.29) is 0 Å². The zero-order valence-electron chi connectivity index (χ0n) is 16.3. The van der Waals surface area contributed by atoms with Crippen molar-refractivity contribution in [2.75, 3.05) is 36.4 Å². The summed E-state index contributed by atoms with van der Waals surface area (Å²) in [6, 6.07) is 19.1. The van der Waals surface area contributed by atoms with Gasteiger partial charge in [-0.1, -0.05) is 60.2 Å². The van der Waals surface area contributed by atoms with Crippen molar-refractivity contribution in [3.8, 4) is 0 Å². The smallest absolute Gasteiger partial charge is 0.244 e. The highest BCUT2D eigenvalue weighted by atomic mass is 15.3. The van der Waals surface area contributed by atoms with Crippen molar-refractivity contribution in [2.45, 2.75) is 20.0 Å². The predicted molar refractivity (Wildman–Crippen MR) is 112 cm³/mol. The van der Waals surface area contributed by atoms with Gasteiger partial charge in [0.05, 0.1) is 6.20 Å². The molecule has 1 aliphatic heterocycles. The average molecular weight is 374 g/mol. The van der Waals surface area contributed by atoms with Crippen LogP contribution in [0.2, 0.25) is 0 Å². The van der Waals surface area contributed by atoms with Crippen molar-refractivity contribution in [1.29, 1.82) is 0 Å². The van der Waals surface area contributed by atoms with Crippen LogP contribution in [0.25, 0.3) is 0 Å². The molecule has 2 heterocycles. The van der Waals surface area contributed by atoms with Gasteiger partial charge in [0.2, 0.25) is 5.95 Å². The van der Waals surface area contributed by atoms with E-state index in [4.69, 9.17) is 0 Å². The fourth-order valence-corrected chi connectivity index (χ4v) is 3.50. The zero-order valence-corrected chi connectivity index (χ0v) is 16.3. The van der Waals surface area contributed by atoms with Gasteiger partial charge in [-0.15, -0.1) is 5.10 Å². The third kappa shape index (κ3) is 4.84. The van der Waals surface area contributed by atoms with Crippen molar-refractivity contribution in [3.63, 3.8) is 0 Å². The van der Waals surface area contributed by atoms with Crippen LogP contribution in [0.4, 0.5) is 11.8 Å². The number of nitrogens with zero attached hydrogens (tertiary/aromatic N) is 5. The van der Waals surface area contributed by atoms with E-state index < -0.39 is 0 Å². The molecule has 144 valence electrons. The first-order valence-electron chi connectivity index (χ1n) is 9.77. The molecular formula is C22H26N6. The van der Waals surface area contributed by atoms with Crippen LogP contribution in [0.15, 0.2) is 60.8 Å². The second-order valence-corrected chi connectivity index (χ2v) is 7.23. The Kier molecular flexibility index (Phi) is 5.77. The van der Waals surface area contributed by atoms with Gasteiger partial charge in [-0.3, -0.25) is 4.90 Å². The number of benzene rings is 2. The largest absolute Gasteiger partial charge is 0.353 e. The predicted octanol–water partition coefficient (Wildman–Crippen LogP) is 3.11. The quantitative estimate of drug-likeness (QED) is 0.715. The van der Waals surface area contributed by atoms with E-state index in [1.807, 2.05) is 0 Å². The van der Waals surface area contributed by atoms with Crippen LogP contribution >= 0.6 is 0 Å². The maximum atomic E-state index is 4.67. The van der Waals surface area contributed by atoms with Crippen molar-refractivity contribution in [2.24, 2.45) is 0 Å². The normalized spacial score (nSPS) is 14.8. The van der Waals surface area contributed by atoms with E-state index in [1.54, 1.807) is 6.20 Å². The van der Waals surface area contributed by atoms with Gasteiger partial charge in [0, 0.05) is 39.3 Å². The van der Waals surface area contributed by atoms with Gasteiger partial charge < -0.3 is 10.2 Å². The number of hydrogen-bond donors (Lipinski definition) is 1. The zero-order chi connectivity index (χ0) is 19.2. The van der Waals surface area contributed by atoms with E-state index in [0.29, 0.717) is 12.5 Å². The van der Waals surface area contributed by atoms with Gasteiger partial charge >= 0.3 is 0 Å². The molecule has 2 aromatic carbocycles. The molecule has 28 heavy (non-hydrogen) atoms. The molecule has 0 aliphatic carbocycles. The highest BCUT2D eigenvalue weighted by Crippen LogP contribution is 2.16. The molecule has 4 rings (SSSR count). The first-order valence-corrected chi connectivity index (χ1v) is 9.77. The minimum atomic E-state index is 0.575. The summed E-state index contributed by atoms with van der Waals surface area (Å²) in [6.07, 6.45) is 1.75. The summed E-state index contributed by atoms with van der Waals surface area (Å²) in [6.45, 7) is 7.72. The van der Waals surface area contributed by atoms with Gasteiger partial charge in [-0.05, 0) is 18.1 Å². The maximum absolute atomic E-state index is 4.67. The average Bonchev–Trinajstić information content (AvgIpc) is 2.74. The van der Waals surface area contributed by atoms with Gasteiger partial charge in [0.1, 0.15) is 0 Å². The number of piperazine rings is 1. The number of rotatable bonds is 6. The SMILES string of the molecule is Cc1cccc(CNc2nncc(N3CCN(Cc4ccccc4)CC3)n2)c1. The molecule has 1 saturated heterocycles. The molecule has 0 spiro atoms. The molecule has 3 aromatic rings. The summed E-state index contributed by atoms with van der Waals surface area (Å²) in [5.41, 5.74) is 3.83. The van der Waals surface area contributed by atoms with Gasteiger partial charge in [-0.25, -0.2) is 0 Å².